The van der Waals surface area contributed by atoms with Crippen LogP contribution in [0.5, 0.6) is 11.5 Å². The molecule has 2 amide bonds. The Morgan fingerprint density at radius 2 is 1.54 bits per heavy atom. The molecule has 212 valence electrons. The fourth-order valence-corrected chi connectivity index (χ4v) is 5.82. The maximum atomic E-state index is 13.6. The number of carbonyl (C=O) groups excluding carboxylic acids is 2. The average molecular weight is 536 g/mol. The first-order valence-electron chi connectivity index (χ1n) is 14.4. The number of nitrogens with one attached hydrogen (secondary N) is 3. The molecule has 2 atom stereocenters. The normalized spacial score (nSPS) is 19.8. The summed E-state index contributed by atoms with van der Waals surface area (Å²) in [4.78, 5) is 26.4. The van der Waals surface area contributed by atoms with Crippen LogP contribution < -0.4 is 20.7 Å². The highest BCUT2D eigenvalue weighted by molar-refractivity contribution is 5.83. The molecule has 2 heterocycles. The highest BCUT2D eigenvalue weighted by atomic mass is 16.5. The summed E-state index contributed by atoms with van der Waals surface area (Å²) in [6.45, 7) is 9.51. The molecule has 2 aliphatic heterocycles. The summed E-state index contributed by atoms with van der Waals surface area (Å²) in [5.41, 5.74) is 1.95. The lowest BCUT2D eigenvalue weighted by Gasteiger charge is -2.41. The number of unbranched alkanes of at least 4 members (excludes halogenated alkanes) is 1. The van der Waals surface area contributed by atoms with Gasteiger partial charge >= 0.3 is 0 Å². The molecule has 2 aromatic rings. The molecule has 0 saturated carbocycles. The number of piperidine rings is 1. The van der Waals surface area contributed by atoms with E-state index in [2.05, 4.69) is 48.9 Å². The molecule has 0 spiro atoms. The molecule has 7 nitrogen and oxygen atoms in total. The molecular weight excluding hydrogens is 490 g/mol. The standard InChI is InChI=1S/C32H45N3O4/c1-31(2,3)16-17-34-29(36)23-19-24(21-33-20-23)30(37)35-22-32(15-9-10-18-38-4)25-11-5-7-13-27(25)39-28-14-8-6-12-26(28)32/h5-8,11-14,23-24,33H,9-10,15-22H2,1-4H3,(H,34,36)(H,35,37)/t23-,24+/m1/s1. The van der Waals surface area contributed by atoms with Gasteiger partial charge in [0.2, 0.25) is 11.8 Å². The zero-order chi connectivity index (χ0) is 27.9. The molecule has 4 rings (SSSR count). The van der Waals surface area contributed by atoms with Crippen LogP contribution in [-0.2, 0) is 19.7 Å². The molecular formula is C32H45N3O4. The first-order valence-corrected chi connectivity index (χ1v) is 14.4. The monoisotopic (exact) mass is 535 g/mol. The van der Waals surface area contributed by atoms with Gasteiger partial charge in [0.15, 0.2) is 0 Å². The number of hydrogen-bond donors (Lipinski definition) is 3. The van der Waals surface area contributed by atoms with Crippen molar-refractivity contribution in [1.82, 2.24) is 16.0 Å². The van der Waals surface area contributed by atoms with E-state index in [1.807, 2.05) is 36.4 Å². The predicted octanol–water partition coefficient (Wildman–Crippen LogP) is 4.79. The van der Waals surface area contributed by atoms with Crippen LogP contribution in [0.3, 0.4) is 0 Å². The second kappa shape index (κ2) is 13.0. The van der Waals surface area contributed by atoms with Crippen LogP contribution in [0.4, 0.5) is 0 Å². The van der Waals surface area contributed by atoms with Crippen molar-refractivity contribution in [3.05, 3.63) is 59.7 Å². The zero-order valence-electron chi connectivity index (χ0n) is 24.0. The lowest BCUT2D eigenvalue weighted by atomic mass is 9.69. The fraction of sp³-hybridized carbons (Fsp3) is 0.562. The van der Waals surface area contributed by atoms with Crippen LogP contribution >= 0.6 is 0 Å². The van der Waals surface area contributed by atoms with E-state index >= 15 is 0 Å². The minimum Gasteiger partial charge on any atom is -0.457 e. The van der Waals surface area contributed by atoms with E-state index in [0.29, 0.717) is 39.2 Å². The van der Waals surface area contributed by atoms with E-state index in [0.717, 1.165) is 48.3 Å². The van der Waals surface area contributed by atoms with Crippen LogP contribution in [0.25, 0.3) is 0 Å². The van der Waals surface area contributed by atoms with Crippen molar-refractivity contribution >= 4 is 11.8 Å². The largest absolute Gasteiger partial charge is 0.457 e. The van der Waals surface area contributed by atoms with Gasteiger partial charge < -0.3 is 25.4 Å². The van der Waals surface area contributed by atoms with Crippen molar-refractivity contribution in [3.63, 3.8) is 0 Å². The number of fused-ring (bicyclic) bond motifs is 2. The topological polar surface area (TPSA) is 88.7 Å². The summed E-state index contributed by atoms with van der Waals surface area (Å²) in [7, 11) is 1.73. The van der Waals surface area contributed by atoms with Gasteiger partial charge in [-0.05, 0) is 49.7 Å². The molecule has 0 aliphatic carbocycles. The molecule has 0 radical (unpaired) electrons. The Morgan fingerprint density at radius 3 is 2.13 bits per heavy atom. The maximum Gasteiger partial charge on any atom is 0.224 e. The summed E-state index contributed by atoms with van der Waals surface area (Å²) in [6, 6.07) is 16.3. The van der Waals surface area contributed by atoms with Crippen molar-refractivity contribution in [3.8, 4) is 11.5 Å². The maximum absolute atomic E-state index is 13.6. The number of hydrogen-bond acceptors (Lipinski definition) is 5. The van der Waals surface area contributed by atoms with E-state index in [9.17, 15) is 9.59 Å². The summed E-state index contributed by atoms with van der Waals surface area (Å²) in [5, 5.41) is 9.71. The van der Waals surface area contributed by atoms with Gasteiger partial charge in [-0.1, -0.05) is 57.2 Å². The number of para-hydroxylation sites is 2. The van der Waals surface area contributed by atoms with Gasteiger partial charge in [-0.15, -0.1) is 0 Å². The molecule has 0 bridgehead atoms. The van der Waals surface area contributed by atoms with E-state index in [1.165, 1.54) is 0 Å². The van der Waals surface area contributed by atoms with E-state index in [1.54, 1.807) is 7.11 Å². The van der Waals surface area contributed by atoms with E-state index < -0.39 is 5.41 Å². The van der Waals surface area contributed by atoms with Crippen molar-refractivity contribution in [2.75, 3.05) is 39.9 Å². The minimum atomic E-state index is -0.416. The second-order valence-corrected chi connectivity index (χ2v) is 12.2. The van der Waals surface area contributed by atoms with Crippen LogP contribution in [0.2, 0.25) is 0 Å². The van der Waals surface area contributed by atoms with Crippen molar-refractivity contribution in [2.24, 2.45) is 17.3 Å². The summed E-state index contributed by atoms with van der Waals surface area (Å²) >= 11 is 0. The molecule has 1 saturated heterocycles. The molecule has 2 aromatic carbocycles. The third-order valence-electron chi connectivity index (χ3n) is 8.06. The van der Waals surface area contributed by atoms with Crippen molar-refractivity contribution in [1.29, 1.82) is 0 Å². The van der Waals surface area contributed by atoms with Crippen molar-refractivity contribution in [2.45, 2.75) is 58.3 Å². The number of ether oxygens (including phenoxy) is 2. The lowest BCUT2D eigenvalue weighted by Crippen LogP contribution is -2.51. The lowest BCUT2D eigenvalue weighted by molar-refractivity contribution is -0.129. The quantitative estimate of drug-likeness (QED) is 0.360. The highest BCUT2D eigenvalue weighted by Crippen LogP contribution is 2.50. The average Bonchev–Trinajstić information content (AvgIpc) is 2.93. The Bertz CT molecular complexity index is 1080. The Labute approximate surface area is 233 Å². The van der Waals surface area contributed by atoms with Gasteiger partial charge in [0, 0.05) is 56.4 Å². The number of rotatable bonds is 11. The smallest absolute Gasteiger partial charge is 0.224 e. The zero-order valence-corrected chi connectivity index (χ0v) is 24.0. The third kappa shape index (κ3) is 7.20. The summed E-state index contributed by atoms with van der Waals surface area (Å²) in [5.74, 6) is 1.24. The Hall–Kier alpha value is -2.90. The SMILES string of the molecule is COCCCCC1(CNC(=O)[C@@H]2CNC[C@H](C(=O)NCCC(C)(C)C)C2)c2ccccc2Oc2ccccc21. The van der Waals surface area contributed by atoms with Crippen molar-refractivity contribution < 1.29 is 19.1 Å². The van der Waals surface area contributed by atoms with Gasteiger partial charge in [-0.3, -0.25) is 9.59 Å². The molecule has 39 heavy (non-hydrogen) atoms. The van der Waals surface area contributed by atoms with Crippen LogP contribution in [0.15, 0.2) is 48.5 Å². The molecule has 0 unspecified atom stereocenters. The minimum absolute atomic E-state index is 0.00703. The summed E-state index contributed by atoms with van der Waals surface area (Å²) in [6.07, 6.45) is 4.22. The number of carbonyl (C=O) groups is 2. The Morgan fingerprint density at radius 1 is 0.949 bits per heavy atom. The molecule has 2 aliphatic rings. The first-order chi connectivity index (χ1) is 18.7. The predicted molar refractivity (Wildman–Crippen MR) is 154 cm³/mol. The number of methoxy groups -OCH3 is 1. The van der Waals surface area contributed by atoms with E-state index in [-0.39, 0.29) is 29.1 Å². The van der Waals surface area contributed by atoms with Gasteiger partial charge in [0.25, 0.3) is 0 Å². The van der Waals surface area contributed by atoms with Gasteiger partial charge in [-0.25, -0.2) is 0 Å². The second-order valence-electron chi connectivity index (χ2n) is 12.2. The highest BCUT2D eigenvalue weighted by Gasteiger charge is 2.42. The molecule has 1 fully saturated rings. The molecule has 3 N–H and O–H groups in total. The third-order valence-corrected chi connectivity index (χ3v) is 8.06. The first kappa shape index (κ1) is 29.1. The van der Waals surface area contributed by atoms with Gasteiger partial charge in [0.05, 0.1) is 11.8 Å². The number of amides is 2. The Balaban J connectivity index is 1.49. The number of benzene rings is 2. The Kier molecular flexibility index (Phi) is 9.67. The van der Waals surface area contributed by atoms with Crippen LogP contribution in [-0.4, -0.2) is 51.7 Å². The van der Waals surface area contributed by atoms with Crippen LogP contribution in [0, 0.1) is 17.3 Å². The fourth-order valence-electron chi connectivity index (χ4n) is 5.82. The molecule has 0 aromatic heterocycles. The molecule has 7 heteroatoms. The summed E-state index contributed by atoms with van der Waals surface area (Å²) < 4.78 is 11.6. The van der Waals surface area contributed by atoms with Gasteiger partial charge in [-0.2, -0.15) is 0 Å². The van der Waals surface area contributed by atoms with Crippen LogP contribution in [0.1, 0.15) is 64.0 Å². The van der Waals surface area contributed by atoms with Gasteiger partial charge in [0.1, 0.15) is 11.5 Å². The van der Waals surface area contributed by atoms with E-state index in [4.69, 9.17) is 9.47 Å².